The van der Waals surface area contributed by atoms with E-state index in [1.165, 1.54) is 6.20 Å². The molecule has 0 bridgehead atoms. The van der Waals surface area contributed by atoms with Gasteiger partial charge in [-0.1, -0.05) is 44.3 Å². The van der Waals surface area contributed by atoms with E-state index in [0.717, 1.165) is 5.69 Å². The first-order chi connectivity index (χ1) is 9.90. The maximum atomic E-state index is 12.1. The van der Waals surface area contributed by atoms with E-state index in [2.05, 4.69) is 10.4 Å². The van der Waals surface area contributed by atoms with Gasteiger partial charge in [0.15, 0.2) is 0 Å². The Morgan fingerprint density at radius 1 is 1.38 bits per heavy atom. The van der Waals surface area contributed by atoms with Crippen molar-refractivity contribution in [3.8, 4) is 5.69 Å². The van der Waals surface area contributed by atoms with Crippen molar-refractivity contribution in [1.82, 2.24) is 15.1 Å². The molecule has 1 aromatic carbocycles. The van der Waals surface area contributed by atoms with Gasteiger partial charge in [-0.2, -0.15) is 5.10 Å². The highest BCUT2D eigenvalue weighted by Gasteiger charge is 2.22. The lowest BCUT2D eigenvalue weighted by atomic mass is 9.93. The molecule has 110 valence electrons. The summed E-state index contributed by atoms with van der Waals surface area (Å²) in [6, 6.07) is 9.61. The quantitative estimate of drug-likeness (QED) is 0.828. The molecule has 0 radical (unpaired) electrons. The first-order valence-corrected chi connectivity index (χ1v) is 6.99. The summed E-state index contributed by atoms with van der Waals surface area (Å²) in [5, 5.41) is 7.02. The van der Waals surface area contributed by atoms with Crippen molar-refractivity contribution in [3.63, 3.8) is 0 Å². The van der Waals surface area contributed by atoms with E-state index in [1.807, 2.05) is 44.2 Å². The Kier molecular flexibility index (Phi) is 4.37. The molecule has 0 fully saturated rings. The molecule has 0 saturated heterocycles. The van der Waals surface area contributed by atoms with Crippen molar-refractivity contribution in [2.45, 2.75) is 13.8 Å². The molecule has 0 unspecified atom stereocenters. The first-order valence-electron chi connectivity index (χ1n) is 6.58. The van der Waals surface area contributed by atoms with Gasteiger partial charge in [0.25, 0.3) is 5.91 Å². The molecule has 0 atom stereocenters. The molecule has 1 amide bonds. The molecule has 0 saturated carbocycles. The van der Waals surface area contributed by atoms with Crippen molar-refractivity contribution in [2.75, 3.05) is 6.54 Å². The van der Waals surface area contributed by atoms with Crippen LogP contribution in [0.15, 0.2) is 42.7 Å². The molecule has 3 N–H and O–H groups in total. The minimum Gasteiger partial charge on any atom is -0.393 e. The molecule has 0 spiro atoms. The number of nitrogens with one attached hydrogen (secondary N) is 1. The summed E-state index contributed by atoms with van der Waals surface area (Å²) >= 11 is 4.98. The molecule has 1 aromatic heterocycles. The summed E-state index contributed by atoms with van der Waals surface area (Å²) in [5.41, 5.74) is 6.62. The third-order valence-electron chi connectivity index (χ3n) is 3.22. The number of thiocarbonyl (C=S) groups is 1. The minimum absolute atomic E-state index is 0.193. The Morgan fingerprint density at radius 2 is 2.05 bits per heavy atom. The van der Waals surface area contributed by atoms with Gasteiger partial charge in [-0.05, 0) is 12.1 Å². The minimum atomic E-state index is -0.416. The largest absolute Gasteiger partial charge is 0.393 e. The fourth-order valence-electron chi connectivity index (χ4n) is 1.65. The molecule has 0 aliphatic rings. The zero-order valence-corrected chi connectivity index (χ0v) is 12.9. The highest BCUT2D eigenvalue weighted by molar-refractivity contribution is 7.80. The second-order valence-corrected chi connectivity index (χ2v) is 5.88. The second kappa shape index (κ2) is 6.05. The number of carbonyl (C=O) groups excluding carboxylic acids is 1. The van der Waals surface area contributed by atoms with Crippen LogP contribution in [-0.2, 0) is 0 Å². The second-order valence-electron chi connectivity index (χ2n) is 5.44. The molecular formula is C15H18N4OS. The summed E-state index contributed by atoms with van der Waals surface area (Å²) in [4.78, 5) is 12.5. The molecule has 0 aliphatic carbocycles. The maximum Gasteiger partial charge on any atom is 0.254 e. The van der Waals surface area contributed by atoms with Crippen molar-refractivity contribution < 1.29 is 4.79 Å². The van der Waals surface area contributed by atoms with Crippen LogP contribution in [0, 0.1) is 5.41 Å². The van der Waals surface area contributed by atoms with Gasteiger partial charge in [-0.15, -0.1) is 0 Å². The van der Waals surface area contributed by atoms with Crippen molar-refractivity contribution >= 4 is 23.1 Å². The van der Waals surface area contributed by atoms with Crippen LogP contribution in [-0.4, -0.2) is 27.2 Å². The lowest BCUT2D eigenvalue weighted by Crippen LogP contribution is -2.41. The van der Waals surface area contributed by atoms with Crippen LogP contribution >= 0.6 is 12.2 Å². The van der Waals surface area contributed by atoms with E-state index in [0.29, 0.717) is 17.1 Å². The van der Waals surface area contributed by atoms with Crippen LogP contribution < -0.4 is 11.1 Å². The smallest absolute Gasteiger partial charge is 0.254 e. The molecule has 6 heteroatoms. The Morgan fingerprint density at radius 3 is 2.67 bits per heavy atom. The highest BCUT2D eigenvalue weighted by Crippen LogP contribution is 2.14. The Labute approximate surface area is 129 Å². The zero-order chi connectivity index (χ0) is 15.5. The van der Waals surface area contributed by atoms with Gasteiger partial charge in [-0.3, -0.25) is 4.79 Å². The average molecular weight is 302 g/mol. The molecule has 1 heterocycles. The molecule has 2 aromatic rings. The van der Waals surface area contributed by atoms with Gasteiger partial charge >= 0.3 is 0 Å². The fourth-order valence-corrected chi connectivity index (χ4v) is 1.72. The van der Waals surface area contributed by atoms with Gasteiger partial charge < -0.3 is 11.1 Å². The van der Waals surface area contributed by atoms with E-state index in [-0.39, 0.29) is 5.91 Å². The SMILES string of the molecule is CC(C)(CNC(=O)c1cnn(-c2ccccc2)c1)C(N)=S. The van der Waals surface area contributed by atoms with Crippen LogP contribution in [0.2, 0.25) is 0 Å². The number of carbonyl (C=O) groups is 1. The summed E-state index contributed by atoms with van der Waals surface area (Å²) in [5.74, 6) is -0.193. The number of para-hydroxylation sites is 1. The molecule has 0 aliphatic heterocycles. The van der Waals surface area contributed by atoms with Crippen LogP contribution in [0.25, 0.3) is 5.69 Å². The highest BCUT2D eigenvalue weighted by atomic mass is 32.1. The normalized spacial score (nSPS) is 11.1. The van der Waals surface area contributed by atoms with Crippen LogP contribution in [0.3, 0.4) is 0 Å². The zero-order valence-electron chi connectivity index (χ0n) is 12.0. The number of aromatic nitrogens is 2. The molecule has 21 heavy (non-hydrogen) atoms. The van der Waals surface area contributed by atoms with Gasteiger partial charge in [0, 0.05) is 18.2 Å². The topological polar surface area (TPSA) is 72.9 Å². The van der Waals surface area contributed by atoms with E-state index >= 15 is 0 Å². The summed E-state index contributed by atoms with van der Waals surface area (Å²) in [7, 11) is 0. The predicted octanol–water partition coefficient (Wildman–Crippen LogP) is 1.91. The first kappa shape index (κ1) is 15.2. The number of nitrogens with zero attached hydrogens (tertiary/aromatic N) is 2. The van der Waals surface area contributed by atoms with E-state index in [9.17, 15) is 4.79 Å². The molecular weight excluding hydrogens is 284 g/mol. The van der Waals surface area contributed by atoms with E-state index < -0.39 is 5.41 Å². The third kappa shape index (κ3) is 3.66. The standard InChI is InChI=1S/C15H18N4OS/c1-15(2,14(16)21)10-17-13(20)11-8-18-19(9-11)12-6-4-3-5-7-12/h3-9H,10H2,1-2H3,(H2,16,21)(H,17,20). The van der Waals surface area contributed by atoms with Gasteiger partial charge in [0.1, 0.15) is 0 Å². The Hall–Kier alpha value is -2.21. The van der Waals surface area contributed by atoms with Gasteiger partial charge in [-0.25, -0.2) is 4.68 Å². The van der Waals surface area contributed by atoms with Crippen molar-refractivity contribution in [2.24, 2.45) is 11.1 Å². The van der Waals surface area contributed by atoms with Crippen LogP contribution in [0.1, 0.15) is 24.2 Å². The summed E-state index contributed by atoms with van der Waals surface area (Å²) < 4.78 is 1.66. The number of benzene rings is 1. The summed E-state index contributed by atoms with van der Waals surface area (Å²) in [6.45, 7) is 4.17. The number of hydrogen-bond donors (Lipinski definition) is 2. The molecule has 5 nitrogen and oxygen atoms in total. The van der Waals surface area contributed by atoms with Gasteiger partial charge in [0.05, 0.1) is 22.4 Å². The van der Waals surface area contributed by atoms with Gasteiger partial charge in [0.2, 0.25) is 0 Å². The maximum absolute atomic E-state index is 12.1. The number of rotatable bonds is 5. The van der Waals surface area contributed by atoms with E-state index in [4.69, 9.17) is 18.0 Å². The monoisotopic (exact) mass is 302 g/mol. The number of nitrogens with two attached hydrogens (primary N) is 1. The van der Waals surface area contributed by atoms with Crippen LogP contribution in [0.4, 0.5) is 0 Å². The fraction of sp³-hybridized carbons (Fsp3) is 0.267. The number of amides is 1. The summed E-state index contributed by atoms with van der Waals surface area (Å²) in [6.07, 6.45) is 3.23. The molecule has 2 rings (SSSR count). The lowest BCUT2D eigenvalue weighted by molar-refractivity contribution is 0.0945. The predicted molar refractivity (Wildman–Crippen MR) is 86.5 cm³/mol. The average Bonchev–Trinajstić information content (AvgIpc) is 2.95. The Bertz CT molecular complexity index is 649. The van der Waals surface area contributed by atoms with Crippen LogP contribution in [0.5, 0.6) is 0 Å². The number of hydrogen-bond acceptors (Lipinski definition) is 3. The Balaban J connectivity index is 2.05. The third-order valence-corrected chi connectivity index (χ3v) is 3.78. The van der Waals surface area contributed by atoms with Crippen molar-refractivity contribution in [3.05, 3.63) is 48.3 Å². The van der Waals surface area contributed by atoms with E-state index in [1.54, 1.807) is 10.9 Å². The lowest BCUT2D eigenvalue weighted by Gasteiger charge is -2.23. The van der Waals surface area contributed by atoms with Crippen molar-refractivity contribution in [1.29, 1.82) is 0 Å².